The fraction of sp³-hybridized carbons (Fsp3) is 0.100. The van der Waals surface area contributed by atoms with Gasteiger partial charge in [-0.2, -0.15) is 10.1 Å². The minimum atomic E-state index is -0.660. The molecule has 7 nitrogen and oxygen atoms in total. The van der Waals surface area contributed by atoms with Crippen molar-refractivity contribution in [2.45, 2.75) is 13.0 Å². The number of rotatable bonds is 6. The molecule has 10 heteroatoms. The van der Waals surface area contributed by atoms with Crippen LogP contribution in [0.2, 0.25) is 0 Å². The Morgan fingerprint density at radius 1 is 0.900 bits per heavy atom. The lowest BCUT2D eigenvalue weighted by molar-refractivity contribution is 0.566. The first-order valence-corrected chi connectivity index (χ1v) is 8.97. The van der Waals surface area contributed by atoms with Crippen molar-refractivity contribution in [3.8, 4) is 11.3 Å². The van der Waals surface area contributed by atoms with Crippen LogP contribution in [0.1, 0.15) is 18.5 Å². The maximum absolute atomic E-state index is 14.0. The summed E-state index contributed by atoms with van der Waals surface area (Å²) in [5, 5.41) is 12.9. The van der Waals surface area contributed by atoms with Crippen LogP contribution in [0.5, 0.6) is 0 Å². The summed E-state index contributed by atoms with van der Waals surface area (Å²) >= 11 is 0. The van der Waals surface area contributed by atoms with Crippen LogP contribution in [0.3, 0.4) is 0 Å². The minimum Gasteiger partial charge on any atom is -0.347 e. The average molecular weight is 411 g/mol. The van der Waals surface area contributed by atoms with E-state index in [-0.39, 0.29) is 23.3 Å². The molecule has 3 N–H and O–H groups in total. The van der Waals surface area contributed by atoms with Crippen LogP contribution in [0.25, 0.3) is 11.3 Å². The molecule has 0 radical (unpaired) electrons. The van der Waals surface area contributed by atoms with Crippen LogP contribution in [0.15, 0.2) is 54.9 Å². The molecule has 0 amide bonds. The van der Waals surface area contributed by atoms with Crippen molar-refractivity contribution in [1.82, 2.24) is 25.1 Å². The fourth-order valence-electron chi connectivity index (χ4n) is 2.83. The molecule has 4 aromatic rings. The highest BCUT2D eigenvalue weighted by atomic mass is 19.1. The Morgan fingerprint density at radius 2 is 1.63 bits per heavy atom. The molecule has 1 unspecified atom stereocenters. The molecule has 0 spiro atoms. The van der Waals surface area contributed by atoms with Gasteiger partial charge in [0.05, 0.1) is 11.7 Å². The number of H-pyrrole nitrogens is 1. The van der Waals surface area contributed by atoms with Gasteiger partial charge < -0.3 is 10.6 Å². The molecule has 0 fully saturated rings. The predicted octanol–water partition coefficient (Wildman–Crippen LogP) is 4.60. The topological polar surface area (TPSA) is 91.4 Å². The van der Waals surface area contributed by atoms with E-state index in [2.05, 4.69) is 35.8 Å². The van der Waals surface area contributed by atoms with Crippen LogP contribution in [0, 0.1) is 17.5 Å². The van der Waals surface area contributed by atoms with Gasteiger partial charge in [-0.1, -0.05) is 6.07 Å². The largest absolute Gasteiger partial charge is 0.347 e. The maximum Gasteiger partial charge on any atom is 0.233 e. The molecule has 2 aromatic heterocycles. The van der Waals surface area contributed by atoms with Gasteiger partial charge in [0.25, 0.3) is 0 Å². The van der Waals surface area contributed by atoms with E-state index < -0.39 is 17.7 Å². The summed E-state index contributed by atoms with van der Waals surface area (Å²) in [6.45, 7) is 1.70. The molecule has 0 saturated heterocycles. The molecular formula is C20H16F3N7. The van der Waals surface area contributed by atoms with Crippen molar-refractivity contribution >= 4 is 17.7 Å². The fourth-order valence-corrected chi connectivity index (χ4v) is 2.83. The van der Waals surface area contributed by atoms with E-state index in [0.29, 0.717) is 11.5 Å². The molecule has 0 aliphatic heterocycles. The van der Waals surface area contributed by atoms with Gasteiger partial charge in [-0.15, -0.1) is 0 Å². The van der Waals surface area contributed by atoms with Crippen molar-refractivity contribution in [3.63, 3.8) is 0 Å². The van der Waals surface area contributed by atoms with Crippen LogP contribution >= 0.6 is 0 Å². The number of benzene rings is 2. The molecule has 0 aliphatic rings. The number of hydrogen-bond acceptors (Lipinski definition) is 6. The second-order valence-corrected chi connectivity index (χ2v) is 6.46. The zero-order chi connectivity index (χ0) is 21.1. The van der Waals surface area contributed by atoms with Gasteiger partial charge >= 0.3 is 0 Å². The third-order valence-electron chi connectivity index (χ3n) is 4.32. The first-order valence-electron chi connectivity index (χ1n) is 8.97. The first kappa shape index (κ1) is 19.4. The third kappa shape index (κ3) is 4.37. The Kier molecular flexibility index (Phi) is 5.29. The van der Waals surface area contributed by atoms with E-state index in [1.165, 1.54) is 30.6 Å². The van der Waals surface area contributed by atoms with Crippen LogP contribution in [0.4, 0.5) is 30.9 Å². The molecule has 0 saturated carbocycles. The highest BCUT2D eigenvalue weighted by Crippen LogP contribution is 2.23. The van der Waals surface area contributed by atoms with Crippen LogP contribution in [-0.2, 0) is 0 Å². The first-order chi connectivity index (χ1) is 14.5. The molecule has 0 aliphatic carbocycles. The van der Waals surface area contributed by atoms with E-state index >= 15 is 0 Å². The molecule has 4 rings (SSSR count). The number of anilines is 3. The van der Waals surface area contributed by atoms with E-state index in [0.717, 1.165) is 11.6 Å². The summed E-state index contributed by atoms with van der Waals surface area (Å²) in [4.78, 5) is 12.3. The lowest BCUT2D eigenvalue weighted by Crippen LogP contribution is -2.12. The molecule has 0 bridgehead atoms. The second kappa shape index (κ2) is 8.19. The summed E-state index contributed by atoms with van der Waals surface area (Å²) in [5.41, 5.74) is 1.73. The van der Waals surface area contributed by atoms with E-state index in [4.69, 9.17) is 0 Å². The van der Waals surface area contributed by atoms with E-state index in [1.54, 1.807) is 25.1 Å². The molecule has 2 aromatic carbocycles. The summed E-state index contributed by atoms with van der Waals surface area (Å²) < 4.78 is 40.1. The smallest absolute Gasteiger partial charge is 0.233 e. The lowest BCUT2D eigenvalue weighted by atomic mass is 10.1. The lowest BCUT2D eigenvalue weighted by Gasteiger charge is -2.15. The number of aromatic nitrogens is 5. The van der Waals surface area contributed by atoms with Crippen molar-refractivity contribution in [3.05, 3.63) is 77.9 Å². The van der Waals surface area contributed by atoms with Gasteiger partial charge in [0.15, 0.2) is 5.82 Å². The summed E-state index contributed by atoms with van der Waals surface area (Å²) in [6.07, 6.45) is 1.29. The van der Waals surface area contributed by atoms with Gasteiger partial charge in [0, 0.05) is 17.7 Å². The zero-order valence-corrected chi connectivity index (χ0v) is 15.7. The standard InChI is InChI=1S/C20H16F3N7/c1-11(15-7-6-14(22)8-16(15)23)26-19-24-10-25-20(28-19)27-18-9-17(29-30-18)12-2-4-13(21)5-3-12/h2-11H,1H3,(H3,24,25,26,27,28,29,30). The number of halogens is 3. The van der Waals surface area contributed by atoms with Crippen molar-refractivity contribution in [2.24, 2.45) is 0 Å². The zero-order valence-electron chi connectivity index (χ0n) is 15.7. The predicted molar refractivity (Wildman–Crippen MR) is 105 cm³/mol. The van der Waals surface area contributed by atoms with Gasteiger partial charge in [0.1, 0.15) is 23.8 Å². The van der Waals surface area contributed by atoms with Crippen molar-refractivity contribution in [2.75, 3.05) is 10.6 Å². The normalized spacial score (nSPS) is 11.9. The third-order valence-corrected chi connectivity index (χ3v) is 4.32. The molecule has 152 valence electrons. The van der Waals surface area contributed by atoms with Crippen molar-refractivity contribution in [1.29, 1.82) is 0 Å². The Bertz CT molecular complexity index is 1160. The number of hydrogen-bond donors (Lipinski definition) is 3. The molecule has 1 atom stereocenters. The SMILES string of the molecule is CC(Nc1ncnc(Nc2cc(-c3ccc(F)cc3)[nH]n2)n1)c1ccc(F)cc1F. The Balaban J connectivity index is 1.46. The second-order valence-electron chi connectivity index (χ2n) is 6.46. The maximum atomic E-state index is 14.0. The van der Waals surface area contributed by atoms with Gasteiger partial charge in [0.2, 0.25) is 11.9 Å². The number of nitrogens with zero attached hydrogens (tertiary/aromatic N) is 4. The summed E-state index contributed by atoms with van der Waals surface area (Å²) in [5.74, 6) is -0.753. The van der Waals surface area contributed by atoms with Gasteiger partial charge in [-0.25, -0.2) is 23.1 Å². The monoisotopic (exact) mass is 411 g/mol. The Hall–Kier alpha value is -3.95. The highest BCUT2D eigenvalue weighted by molar-refractivity contribution is 5.64. The quantitative estimate of drug-likeness (QED) is 0.430. The van der Waals surface area contributed by atoms with Gasteiger partial charge in [-0.3, -0.25) is 5.10 Å². The average Bonchev–Trinajstić information content (AvgIpc) is 3.17. The molecular weight excluding hydrogens is 395 g/mol. The number of aromatic amines is 1. The highest BCUT2D eigenvalue weighted by Gasteiger charge is 2.14. The van der Waals surface area contributed by atoms with Crippen LogP contribution in [-0.4, -0.2) is 25.1 Å². The minimum absolute atomic E-state index is 0.206. The molecule has 30 heavy (non-hydrogen) atoms. The van der Waals surface area contributed by atoms with E-state index in [1.807, 2.05) is 0 Å². The van der Waals surface area contributed by atoms with Crippen molar-refractivity contribution < 1.29 is 13.2 Å². The Morgan fingerprint density at radius 3 is 2.40 bits per heavy atom. The Labute approximate surface area is 169 Å². The number of nitrogens with one attached hydrogen (secondary N) is 3. The van der Waals surface area contributed by atoms with E-state index in [9.17, 15) is 13.2 Å². The van der Waals surface area contributed by atoms with Crippen LogP contribution < -0.4 is 10.6 Å². The molecule has 2 heterocycles. The summed E-state index contributed by atoms with van der Waals surface area (Å²) in [7, 11) is 0. The summed E-state index contributed by atoms with van der Waals surface area (Å²) in [6, 6.07) is 10.6. The van der Waals surface area contributed by atoms with Gasteiger partial charge in [-0.05, 0) is 42.8 Å².